The first-order valence-electron chi connectivity index (χ1n) is 9.57. The van der Waals surface area contributed by atoms with Gasteiger partial charge in [0.2, 0.25) is 0 Å². The smallest absolute Gasteiger partial charge is 0.00730 e. The van der Waals surface area contributed by atoms with E-state index in [1.165, 1.54) is 44.9 Å². The molecule has 4 unspecified atom stereocenters. The maximum atomic E-state index is 2.57. The molecule has 116 valence electrons. The molecule has 3 saturated carbocycles. The highest BCUT2D eigenvalue weighted by atomic mass is 14.6. The third-order valence-electron chi connectivity index (χ3n) is 7.57. The molecule has 0 heteroatoms. The Labute approximate surface area is 131 Å². The van der Waals surface area contributed by atoms with Gasteiger partial charge in [0.1, 0.15) is 0 Å². The Hall–Kier alpha value is -0.520. The van der Waals surface area contributed by atoms with Gasteiger partial charge in [-0.3, -0.25) is 0 Å². The largest absolute Gasteiger partial charge is 0.0804 e. The molecule has 4 aliphatic carbocycles. The third-order valence-corrected chi connectivity index (χ3v) is 7.57. The SMILES string of the molecule is CC(C)(C1=CCC=C1)C1C2CCCCC2C2CCCCC21. The predicted octanol–water partition coefficient (Wildman–Crippen LogP) is 6.14. The molecule has 0 aromatic rings. The molecule has 0 aromatic heterocycles. The van der Waals surface area contributed by atoms with E-state index in [2.05, 4.69) is 32.1 Å². The Morgan fingerprint density at radius 2 is 1.33 bits per heavy atom. The van der Waals surface area contributed by atoms with Gasteiger partial charge >= 0.3 is 0 Å². The first kappa shape index (κ1) is 14.1. The average Bonchev–Trinajstić information content (AvgIpc) is 3.14. The Morgan fingerprint density at radius 3 is 1.81 bits per heavy atom. The minimum absolute atomic E-state index is 0.407. The van der Waals surface area contributed by atoms with Gasteiger partial charge in [-0.25, -0.2) is 0 Å². The van der Waals surface area contributed by atoms with Crippen LogP contribution in [0, 0.1) is 35.0 Å². The van der Waals surface area contributed by atoms with Crippen molar-refractivity contribution in [3.8, 4) is 0 Å². The lowest BCUT2D eigenvalue weighted by Crippen LogP contribution is -2.35. The lowest BCUT2D eigenvalue weighted by molar-refractivity contribution is 0.113. The summed E-state index contributed by atoms with van der Waals surface area (Å²) >= 11 is 0. The highest BCUT2D eigenvalue weighted by molar-refractivity contribution is 5.33. The summed E-state index contributed by atoms with van der Waals surface area (Å²) in [5, 5.41) is 0. The van der Waals surface area contributed by atoms with E-state index < -0.39 is 0 Å². The second-order valence-corrected chi connectivity index (χ2v) is 8.77. The molecule has 0 N–H and O–H groups in total. The molecular formula is C21H32. The summed E-state index contributed by atoms with van der Waals surface area (Å²) in [6.45, 7) is 5.14. The second-order valence-electron chi connectivity index (χ2n) is 8.77. The van der Waals surface area contributed by atoms with Gasteiger partial charge in [0.15, 0.2) is 0 Å². The number of hydrogen-bond donors (Lipinski definition) is 0. The van der Waals surface area contributed by atoms with E-state index in [9.17, 15) is 0 Å². The molecule has 3 fully saturated rings. The summed E-state index contributed by atoms with van der Waals surface area (Å²) in [6.07, 6.45) is 20.7. The standard InChI is InChI=1S/C21H32/c1-21(2,15-9-3-4-10-15)20-18-13-7-5-11-16(18)17-12-6-8-14-19(17)20/h3,9-10,16-20H,4-8,11-14H2,1-2H3. The number of rotatable bonds is 2. The Morgan fingerprint density at radius 1 is 0.810 bits per heavy atom. The number of hydrogen-bond acceptors (Lipinski definition) is 0. The van der Waals surface area contributed by atoms with Crippen molar-refractivity contribution in [3.05, 3.63) is 23.8 Å². The minimum atomic E-state index is 0.407. The Balaban J connectivity index is 1.69. The maximum Gasteiger partial charge on any atom is -0.00730 e. The van der Waals surface area contributed by atoms with Crippen LogP contribution in [0.3, 0.4) is 0 Å². The van der Waals surface area contributed by atoms with Crippen LogP contribution in [0.5, 0.6) is 0 Å². The molecular weight excluding hydrogens is 252 g/mol. The zero-order chi connectivity index (χ0) is 14.4. The van der Waals surface area contributed by atoms with Crippen molar-refractivity contribution in [1.29, 1.82) is 0 Å². The second kappa shape index (κ2) is 5.28. The number of fused-ring (bicyclic) bond motifs is 3. The van der Waals surface area contributed by atoms with Crippen molar-refractivity contribution < 1.29 is 0 Å². The van der Waals surface area contributed by atoms with Crippen molar-refractivity contribution in [2.24, 2.45) is 35.0 Å². The minimum Gasteiger partial charge on any atom is -0.0804 e. The quantitative estimate of drug-likeness (QED) is 0.571. The molecule has 0 aromatic carbocycles. The highest BCUT2D eigenvalue weighted by Gasteiger charge is 2.55. The summed E-state index contributed by atoms with van der Waals surface area (Å²) < 4.78 is 0. The molecule has 0 amide bonds. The van der Waals surface area contributed by atoms with Crippen molar-refractivity contribution in [2.75, 3.05) is 0 Å². The van der Waals surface area contributed by atoms with Gasteiger partial charge in [0.05, 0.1) is 0 Å². The van der Waals surface area contributed by atoms with Crippen LogP contribution in [0.25, 0.3) is 0 Å². The molecule has 4 aliphatic rings. The van der Waals surface area contributed by atoms with E-state index in [0.29, 0.717) is 5.41 Å². The van der Waals surface area contributed by atoms with Gasteiger partial charge in [-0.1, -0.05) is 57.8 Å². The van der Waals surface area contributed by atoms with E-state index in [4.69, 9.17) is 0 Å². The molecule has 0 bridgehead atoms. The zero-order valence-corrected chi connectivity index (χ0v) is 14.0. The molecule has 4 atom stereocenters. The van der Waals surface area contributed by atoms with Crippen molar-refractivity contribution in [1.82, 2.24) is 0 Å². The molecule has 21 heavy (non-hydrogen) atoms. The summed E-state index contributed by atoms with van der Waals surface area (Å²) in [7, 11) is 0. The van der Waals surface area contributed by atoms with E-state index in [-0.39, 0.29) is 0 Å². The molecule has 4 rings (SSSR count). The maximum absolute atomic E-state index is 2.57. The summed E-state index contributed by atoms with van der Waals surface area (Å²) in [5.41, 5.74) is 2.06. The first-order valence-corrected chi connectivity index (χ1v) is 9.57. The van der Waals surface area contributed by atoms with Crippen molar-refractivity contribution in [3.63, 3.8) is 0 Å². The molecule has 0 heterocycles. The monoisotopic (exact) mass is 284 g/mol. The fourth-order valence-corrected chi connectivity index (χ4v) is 6.85. The van der Waals surface area contributed by atoms with E-state index in [1.54, 1.807) is 18.4 Å². The van der Waals surface area contributed by atoms with Gasteiger partial charge in [-0.15, -0.1) is 0 Å². The Bertz CT molecular complexity index is 431. The summed E-state index contributed by atoms with van der Waals surface area (Å²) in [4.78, 5) is 0. The average molecular weight is 284 g/mol. The van der Waals surface area contributed by atoms with E-state index in [0.717, 1.165) is 29.6 Å². The van der Waals surface area contributed by atoms with E-state index in [1.807, 2.05) is 0 Å². The topological polar surface area (TPSA) is 0 Å². The summed E-state index contributed by atoms with van der Waals surface area (Å²) in [5.74, 6) is 5.20. The van der Waals surface area contributed by atoms with Crippen molar-refractivity contribution >= 4 is 0 Å². The fourth-order valence-electron chi connectivity index (χ4n) is 6.85. The van der Waals surface area contributed by atoms with Gasteiger partial charge in [-0.05, 0) is 72.7 Å². The molecule has 0 saturated heterocycles. The van der Waals surface area contributed by atoms with Gasteiger partial charge < -0.3 is 0 Å². The fraction of sp³-hybridized carbons (Fsp3) is 0.810. The Kier molecular flexibility index (Phi) is 3.55. The van der Waals surface area contributed by atoms with E-state index >= 15 is 0 Å². The van der Waals surface area contributed by atoms with Gasteiger partial charge in [0, 0.05) is 0 Å². The zero-order valence-electron chi connectivity index (χ0n) is 14.0. The molecule has 0 radical (unpaired) electrons. The van der Waals surface area contributed by atoms with Gasteiger partial charge in [0.25, 0.3) is 0 Å². The number of allylic oxidation sites excluding steroid dienone is 4. The van der Waals surface area contributed by atoms with Crippen LogP contribution in [-0.4, -0.2) is 0 Å². The summed E-state index contributed by atoms with van der Waals surface area (Å²) in [6, 6.07) is 0. The molecule has 0 spiro atoms. The predicted molar refractivity (Wildman–Crippen MR) is 90.0 cm³/mol. The lowest BCUT2D eigenvalue weighted by Gasteiger charge is -2.42. The van der Waals surface area contributed by atoms with Crippen LogP contribution in [0.4, 0.5) is 0 Å². The molecule has 0 nitrogen and oxygen atoms in total. The third kappa shape index (κ3) is 2.16. The molecule has 0 aliphatic heterocycles. The first-order chi connectivity index (χ1) is 10.2. The van der Waals surface area contributed by atoms with Crippen LogP contribution >= 0.6 is 0 Å². The normalized spacial score (nSPS) is 42.6. The van der Waals surface area contributed by atoms with Crippen LogP contribution in [-0.2, 0) is 0 Å². The van der Waals surface area contributed by atoms with Crippen LogP contribution < -0.4 is 0 Å². The van der Waals surface area contributed by atoms with Crippen LogP contribution in [0.15, 0.2) is 23.8 Å². The van der Waals surface area contributed by atoms with Gasteiger partial charge in [-0.2, -0.15) is 0 Å². The van der Waals surface area contributed by atoms with Crippen LogP contribution in [0.1, 0.15) is 71.6 Å². The lowest BCUT2D eigenvalue weighted by atomic mass is 9.62. The van der Waals surface area contributed by atoms with Crippen molar-refractivity contribution in [2.45, 2.75) is 71.6 Å². The van der Waals surface area contributed by atoms with Crippen LogP contribution in [0.2, 0.25) is 0 Å². The highest BCUT2D eigenvalue weighted by Crippen LogP contribution is 2.63.